The smallest absolute Gasteiger partial charge is 0.258 e. The molecular weight excluding hydrogens is 358 g/mol. The van der Waals surface area contributed by atoms with Crippen LogP contribution >= 0.6 is 0 Å². The van der Waals surface area contributed by atoms with Gasteiger partial charge in [-0.1, -0.05) is 12.1 Å². The van der Waals surface area contributed by atoms with Gasteiger partial charge in [-0.05, 0) is 38.8 Å². The van der Waals surface area contributed by atoms with Crippen molar-refractivity contribution in [2.24, 2.45) is 0 Å². The van der Waals surface area contributed by atoms with Gasteiger partial charge in [0, 0.05) is 26.2 Å². The van der Waals surface area contributed by atoms with Gasteiger partial charge < -0.3 is 19.1 Å². The predicted molar refractivity (Wildman–Crippen MR) is 102 cm³/mol. The van der Waals surface area contributed by atoms with Crippen molar-refractivity contribution in [1.29, 1.82) is 0 Å². The Bertz CT molecular complexity index is 888. The molecule has 1 saturated heterocycles. The Morgan fingerprint density at radius 2 is 1.86 bits per heavy atom. The van der Waals surface area contributed by atoms with Crippen LogP contribution in [0.25, 0.3) is 0 Å². The first-order chi connectivity index (χ1) is 13.6. The molecule has 2 amide bonds. The molecule has 0 spiro atoms. The molecule has 0 saturated carbocycles. The molecule has 2 aliphatic rings. The summed E-state index contributed by atoms with van der Waals surface area (Å²) in [4.78, 5) is 30.3. The highest BCUT2D eigenvalue weighted by atomic mass is 16.5. The minimum absolute atomic E-state index is 0.0758. The minimum atomic E-state index is -0.754. The molecule has 148 valence electrons. The average molecular weight is 383 g/mol. The number of fused-ring (bicyclic) bond motifs is 1. The van der Waals surface area contributed by atoms with E-state index >= 15 is 0 Å². The Hall–Kier alpha value is -2.90. The summed E-state index contributed by atoms with van der Waals surface area (Å²) in [5, 5.41) is 8.41. The van der Waals surface area contributed by atoms with Gasteiger partial charge in [-0.25, -0.2) is 0 Å². The van der Waals surface area contributed by atoms with Crippen molar-refractivity contribution >= 4 is 11.8 Å². The number of likely N-dealkylation sites (tertiary alicyclic amines) is 1. The SMILES string of the molecule is CCOc1ccccc1C(=O)N1CCn2c(C)nnc2C1C(=O)N1CCCC1. The summed E-state index contributed by atoms with van der Waals surface area (Å²) in [7, 11) is 0. The molecular formula is C20H25N5O3. The van der Waals surface area contributed by atoms with Crippen molar-refractivity contribution < 1.29 is 14.3 Å². The highest BCUT2D eigenvalue weighted by molar-refractivity contribution is 6.00. The van der Waals surface area contributed by atoms with Gasteiger partial charge in [0.2, 0.25) is 0 Å². The Morgan fingerprint density at radius 1 is 1.11 bits per heavy atom. The third-order valence-corrected chi connectivity index (χ3v) is 5.41. The molecule has 0 aliphatic carbocycles. The van der Waals surface area contributed by atoms with Crippen LogP contribution in [0, 0.1) is 6.92 Å². The van der Waals surface area contributed by atoms with Crippen LogP contribution in [0.3, 0.4) is 0 Å². The molecule has 8 nitrogen and oxygen atoms in total. The minimum Gasteiger partial charge on any atom is -0.493 e. The molecule has 1 atom stereocenters. The fourth-order valence-corrected chi connectivity index (χ4v) is 4.00. The number of aryl methyl sites for hydroxylation is 1. The van der Waals surface area contributed by atoms with Crippen LogP contribution in [0.5, 0.6) is 5.75 Å². The lowest BCUT2D eigenvalue weighted by molar-refractivity contribution is -0.136. The van der Waals surface area contributed by atoms with E-state index in [1.54, 1.807) is 17.0 Å². The number of para-hydroxylation sites is 1. The molecule has 4 rings (SSSR count). The zero-order valence-corrected chi connectivity index (χ0v) is 16.3. The topological polar surface area (TPSA) is 80.6 Å². The monoisotopic (exact) mass is 383 g/mol. The molecule has 8 heteroatoms. The Kier molecular flexibility index (Phi) is 5.02. The van der Waals surface area contributed by atoms with Gasteiger partial charge in [-0.15, -0.1) is 10.2 Å². The van der Waals surface area contributed by atoms with Crippen molar-refractivity contribution in [3.63, 3.8) is 0 Å². The molecule has 1 aromatic carbocycles. The normalized spacial score (nSPS) is 18.9. The maximum absolute atomic E-state index is 13.5. The van der Waals surface area contributed by atoms with Gasteiger partial charge in [-0.2, -0.15) is 0 Å². The van der Waals surface area contributed by atoms with E-state index in [9.17, 15) is 9.59 Å². The van der Waals surface area contributed by atoms with Crippen LogP contribution in [-0.4, -0.2) is 62.6 Å². The Labute approximate surface area is 164 Å². The van der Waals surface area contributed by atoms with Crippen LogP contribution in [-0.2, 0) is 11.3 Å². The lowest BCUT2D eigenvalue weighted by atomic mass is 10.1. The number of hydrogen-bond donors (Lipinski definition) is 0. The van der Waals surface area contributed by atoms with Crippen molar-refractivity contribution in [3.05, 3.63) is 41.5 Å². The quantitative estimate of drug-likeness (QED) is 0.804. The van der Waals surface area contributed by atoms with E-state index in [1.165, 1.54) is 0 Å². The number of amides is 2. The average Bonchev–Trinajstić information content (AvgIpc) is 3.37. The van der Waals surface area contributed by atoms with E-state index < -0.39 is 6.04 Å². The fourth-order valence-electron chi connectivity index (χ4n) is 4.00. The maximum atomic E-state index is 13.5. The number of benzene rings is 1. The highest BCUT2D eigenvalue weighted by Gasteiger charge is 2.42. The number of nitrogens with zero attached hydrogens (tertiary/aromatic N) is 5. The number of aromatic nitrogens is 3. The maximum Gasteiger partial charge on any atom is 0.258 e. The molecule has 2 aliphatic heterocycles. The number of carbonyl (C=O) groups excluding carboxylic acids is 2. The fraction of sp³-hybridized carbons (Fsp3) is 0.500. The molecule has 1 aromatic heterocycles. The predicted octanol–water partition coefficient (Wildman–Crippen LogP) is 1.80. The van der Waals surface area contributed by atoms with Crippen LogP contribution in [0.4, 0.5) is 0 Å². The second-order valence-electron chi connectivity index (χ2n) is 7.12. The number of ether oxygens (including phenoxy) is 1. The van der Waals surface area contributed by atoms with Gasteiger partial charge >= 0.3 is 0 Å². The molecule has 2 aromatic rings. The van der Waals surface area contributed by atoms with Crippen molar-refractivity contribution in [2.45, 2.75) is 39.3 Å². The lowest BCUT2D eigenvalue weighted by Crippen LogP contribution is -2.49. The van der Waals surface area contributed by atoms with Gasteiger partial charge in [0.1, 0.15) is 11.6 Å². The van der Waals surface area contributed by atoms with E-state index in [-0.39, 0.29) is 11.8 Å². The standard InChI is InChI=1S/C20H25N5O3/c1-3-28-16-9-5-4-8-15(16)19(26)25-13-12-24-14(2)21-22-18(24)17(25)20(27)23-10-6-7-11-23/h4-5,8-9,17H,3,6-7,10-13H2,1-2H3. The molecule has 0 N–H and O–H groups in total. The van der Waals surface area contributed by atoms with Gasteiger partial charge in [0.15, 0.2) is 11.9 Å². The van der Waals surface area contributed by atoms with E-state index in [0.29, 0.717) is 36.8 Å². The van der Waals surface area contributed by atoms with Crippen molar-refractivity contribution in [1.82, 2.24) is 24.6 Å². The lowest BCUT2D eigenvalue weighted by Gasteiger charge is -2.36. The first-order valence-electron chi connectivity index (χ1n) is 9.83. The second-order valence-corrected chi connectivity index (χ2v) is 7.12. The molecule has 0 bridgehead atoms. The third-order valence-electron chi connectivity index (χ3n) is 5.41. The Morgan fingerprint density at radius 3 is 2.61 bits per heavy atom. The molecule has 1 fully saturated rings. The van der Waals surface area contributed by atoms with Crippen LogP contribution < -0.4 is 4.74 Å². The summed E-state index contributed by atoms with van der Waals surface area (Å²) < 4.78 is 7.58. The number of hydrogen-bond acceptors (Lipinski definition) is 5. The van der Waals surface area contributed by atoms with Gasteiger partial charge in [0.25, 0.3) is 11.8 Å². The highest BCUT2D eigenvalue weighted by Crippen LogP contribution is 2.31. The first kappa shape index (κ1) is 18.5. The van der Waals surface area contributed by atoms with Gasteiger partial charge in [-0.3, -0.25) is 9.59 Å². The van der Waals surface area contributed by atoms with Crippen molar-refractivity contribution in [3.8, 4) is 5.75 Å². The van der Waals surface area contributed by atoms with Crippen LogP contribution in [0.2, 0.25) is 0 Å². The molecule has 1 unspecified atom stereocenters. The molecule has 3 heterocycles. The summed E-state index contributed by atoms with van der Waals surface area (Å²) in [6.07, 6.45) is 1.98. The zero-order chi connectivity index (χ0) is 19.7. The number of rotatable bonds is 4. The van der Waals surface area contributed by atoms with Crippen LogP contribution in [0.1, 0.15) is 47.8 Å². The van der Waals surface area contributed by atoms with Crippen molar-refractivity contribution in [2.75, 3.05) is 26.2 Å². The Balaban J connectivity index is 1.72. The molecule has 28 heavy (non-hydrogen) atoms. The largest absolute Gasteiger partial charge is 0.493 e. The van der Waals surface area contributed by atoms with Gasteiger partial charge in [0.05, 0.1) is 12.2 Å². The summed E-state index contributed by atoms with van der Waals surface area (Å²) in [6.45, 7) is 6.66. The van der Waals surface area contributed by atoms with Crippen LogP contribution in [0.15, 0.2) is 24.3 Å². The van der Waals surface area contributed by atoms with E-state index in [0.717, 1.165) is 31.8 Å². The van der Waals surface area contributed by atoms with E-state index in [4.69, 9.17) is 4.74 Å². The number of carbonyl (C=O) groups is 2. The van der Waals surface area contributed by atoms with E-state index in [2.05, 4.69) is 10.2 Å². The summed E-state index contributed by atoms with van der Waals surface area (Å²) >= 11 is 0. The first-order valence-corrected chi connectivity index (χ1v) is 9.83. The summed E-state index contributed by atoms with van der Waals surface area (Å²) in [5.74, 6) is 1.55. The summed E-state index contributed by atoms with van der Waals surface area (Å²) in [5.41, 5.74) is 0.466. The zero-order valence-electron chi connectivity index (χ0n) is 16.3. The second kappa shape index (κ2) is 7.61. The summed E-state index contributed by atoms with van der Waals surface area (Å²) in [6, 6.07) is 6.42. The third kappa shape index (κ3) is 3.12. The van der Waals surface area contributed by atoms with E-state index in [1.807, 2.05) is 35.4 Å². The molecule has 0 radical (unpaired) electrons.